The number of nitrogens with one attached hydrogen (secondary N) is 2. The molecule has 0 unspecified atom stereocenters. The number of hydrogen-bond donors (Lipinski definition) is 2. The maximum absolute atomic E-state index is 12.9. The van der Waals surface area contributed by atoms with Crippen LogP contribution in [0.25, 0.3) is 0 Å². The van der Waals surface area contributed by atoms with Gasteiger partial charge in [0, 0.05) is 30.4 Å². The van der Waals surface area contributed by atoms with E-state index in [0.29, 0.717) is 36.5 Å². The summed E-state index contributed by atoms with van der Waals surface area (Å²) >= 11 is 0. The van der Waals surface area contributed by atoms with Crippen LogP contribution >= 0.6 is 0 Å². The van der Waals surface area contributed by atoms with Crippen LogP contribution in [-0.4, -0.2) is 51.4 Å². The molecule has 0 aromatic heterocycles. The highest BCUT2D eigenvalue weighted by molar-refractivity contribution is 7.92. The Hall–Kier alpha value is -3.33. The first-order valence-corrected chi connectivity index (χ1v) is 11.3. The van der Waals surface area contributed by atoms with Crippen molar-refractivity contribution in [2.75, 3.05) is 24.9 Å². The normalized spacial score (nSPS) is 15.9. The number of carbonyl (C=O) groups excluding carboxylic acids is 2. The molecule has 0 radical (unpaired) electrons. The van der Waals surface area contributed by atoms with Crippen LogP contribution in [0.4, 0.5) is 5.69 Å². The van der Waals surface area contributed by atoms with Crippen LogP contribution in [0.15, 0.2) is 66.1 Å². The van der Waals surface area contributed by atoms with Crippen molar-refractivity contribution >= 4 is 27.5 Å². The van der Waals surface area contributed by atoms with Crippen LogP contribution in [-0.2, 0) is 14.8 Å². The van der Waals surface area contributed by atoms with E-state index in [-0.39, 0.29) is 16.7 Å². The molecule has 31 heavy (non-hydrogen) atoms. The summed E-state index contributed by atoms with van der Waals surface area (Å²) in [6.07, 6.45) is 2.94. The zero-order chi connectivity index (χ0) is 22.4. The highest BCUT2D eigenvalue weighted by atomic mass is 32.2. The molecule has 1 saturated heterocycles. The Morgan fingerprint density at radius 2 is 1.97 bits per heavy atom. The van der Waals surface area contributed by atoms with Gasteiger partial charge in [-0.3, -0.25) is 14.3 Å². The molecule has 1 atom stereocenters. The van der Waals surface area contributed by atoms with Gasteiger partial charge >= 0.3 is 0 Å². The molecule has 2 amide bonds. The van der Waals surface area contributed by atoms with Gasteiger partial charge in [0.1, 0.15) is 11.8 Å². The third-order valence-electron chi connectivity index (χ3n) is 4.97. The molecule has 2 aromatic carbocycles. The molecule has 0 spiro atoms. The molecule has 0 aliphatic carbocycles. The highest BCUT2D eigenvalue weighted by Gasteiger charge is 2.34. The Kier molecular flexibility index (Phi) is 6.96. The average Bonchev–Trinajstić information content (AvgIpc) is 3.27. The number of methoxy groups -OCH3 is 1. The van der Waals surface area contributed by atoms with Gasteiger partial charge < -0.3 is 15.0 Å². The Balaban J connectivity index is 1.71. The monoisotopic (exact) mass is 443 g/mol. The number of hydrogen-bond acceptors (Lipinski definition) is 5. The fourth-order valence-electron chi connectivity index (χ4n) is 3.40. The molecule has 9 heteroatoms. The minimum atomic E-state index is -3.81. The van der Waals surface area contributed by atoms with Crippen molar-refractivity contribution in [2.45, 2.75) is 23.8 Å². The summed E-state index contributed by atoms with van der Waals surface area (Å²) in [5.74, 6) is -0.0343. The second-order valence-corrected chi connectivity index (χ2v) is 8.73. The number of sulfonamides is 1. The number of nitrogens with zero attached hydrogens (tertiary/aromatic N) is 1. The quantitative estimate of drug-likeness (QED) is 0.610. The van der Waals surface area contributed by atoms with Crippen molar-refractivity contribution in [3.63, 3.8) is 0 Å². The average molecular weight is 444 g/mol. The van der Waals surface area contributed by atoms with E-state index in [1.165, 1.54) is 31.4 Å². The van der Waals surface area contributed by atoms with E-state index >= 15 is 0 Å². The van der Waals surface area contributed by atoms with Crippen molar-refractivity contribution < 1.29 is 22.7 Å². The first-order chi connectivity index (χ1) is 14.9. The molecule has 164 valence electrons. The largest absolute Gasteiger partial charge is 0.497 e. The van der Waals surface area contributed by atoms with Crippen molar-refractivity contribution in [1.29, 1.82) is 0 Å². The predicted molar refractivity (Wildman–Crippen MR) is 118 cm³/mol. The molecule has 2 aromatic rings. The van der Waals surface area contributed by atoms with Gasteiger partial charge in [0.2, 0.25) is 5.91 Å². The van der Waals surface area contributed by atoms with Gasteiger partial charge in [-0.2, -0.15) is 0 Å². The first-order valence-electron chi connectivity index (χ1n) is 9.82. The Labute approximate surface area is 181 Å². The van der Waals surface area contributed by atoms with Gasteiger partial charge in [-0.05, 0) is 49.2 Å². The molecule has 3 rings (SSSR count). The highest BCUT2D eigenvalue weighted by Crippen LogP contribution is 2.23. The lowest BCUT2D eigenvalue weighted by Crippen LogP contribution is -2.46. The number of likely N-dealkylation sites (tertiary alicyclic amines) is 1. The zero-order valence-corrected chi connectivity index (χ0v) is 18.0. The minimum Gasteiger partial charge on any atom is -0.497 e. The lowest BCUT2D eigenvalue weighted by Gasteiger charge is -2.24. The molecule has 0 saturated carbocycles. The summed E-state index contributed by atoms with van der Waals surface area (Å²) in [5.41, 5.74) is 0.703. The number of benzene rings is 2. The first kappa shape index (κ1) is 22.4. The summed E-state index contributed by atoms with van der Waals surface area (Å²) < 4.78 is 32.8. The van der Waals surface area contributed by atoms with Crippen molar-refractivity contribution in [1.82, 2.24) is 10.2 Å². The van der Waals surface area contributed by atoms with Crippen LogP contribution in [0.3, 0.4) is 0 Å². The molecule has 0 bridgehead atoms. The van der Waals surface area contributed by atoms with E-state index < -0.39 is 16.1 Å². The standard InChI is InChI=1S/C22H25N3O5S/c1-3-13-23-21(26)20-8-5-14-25(20)22(27)16-9-11-17(12-10-16)24-31(28,29)19-7-4-6-18(15-19)30-2/h3-4,6-7,9-12,15,20,24H,1,5,8,13-14H2,2H3,(H,23,26)/t20-/m0/s1. The van der Waals surface area contributed by atoms with Gasteiger partial charge in [0.25, 0.3) is 15.9 Å². The van der Waals surface area contributed by atoms with Crippen LogP contribution < -0.4 is 14.8 Å². The molecule has 1 fully saturated rings. The topological polar surface area (TPSA) is 105 Å². The summed E-state index contributed by atoms with van der Waals surface area (Å²) in [6.45, 7) is 4.41. The maximum Gasteiger partial charge on any atom is 0.262 e. The van der Waals surface area contributed by atoms with E-state index in [1.807, 2.05) is 0 Å². The fourth-order valence-corrected chi connectivity index (χ4v) is 4.50. The van der Waals surface area contributed by atoms with E-state index in [4.69, 9.17) is 4.74 Å². The Bertz CT molecular complexity index is 1070. The summed E-state index contributed by atoms with van der Waals surface area (Å²) in [6, 6.07) is 11.8. The minimum absolute atomic E-state index is 0.0671. The third-order valence-corrected chi connectivity index (χ3v) is 6.35. The van der Waals surface area contributed by atoms with Crippen molar-refractivity contribution in [2.24, 2.45) is 0 Å². The smallest absolute Gasteiger partial charge is 0.262 e. The Morgan fingerprint density at radius 1 is 1.23 bits per heavy atom. The molecular formula is C22H25N3O5S. The van der Waals surface area contributed by atoms with Crippen LogP contribution in [0.5, 0.6) is 5.75 Å². The number of carbonyl (C=O) groups is 2. The van der Waals surface area contributed by atoms with E-state index in [2.05, 4.69) is 16.6 Å². The molecule has 1 aliphatic rings. The van der Waals surface area contributed by atoms with Gasteiger partial charge in [-0.1, -0.05) is 12.1 Å². The third kappa shape index (κ3) is 5.24. The molecule has 1 aliphatic heterocycles. The number of anilines is 1. The second kappa shape index (κ2) is 9.65. The molecule has 8 nitrogen and oxygen atoms in total. The van der Waals surface area contributed by atoms with E-state index in [9.17, 15) is 18.0 Å². The van der Waals surface area contributed by atoms with Crippen molar-refractivity contribution in [3.8, 4) is 5.75 Å². The summed E-state index contributed by atoms with van der Waals surface area (Å²) in [7, 11) is -2.35. The Morgan fingerprint density at radius 3 is 2.65 bits per heavy atom. The number of ether oxygens (including phenoxy) is 1. The van der Waals surface area contributed by atoms with Gasteiger partial charge in [-0.15, -0.1) is 6.58 Å². The SMILES string of the molecule is C=CCNC(=O)[C@@H]1CCCN1C(=O)c1ccc(NS(=O)(=O)c2cccc(OC)c2)cc1. The number of rotatable bonds is 8. The second-order valence-electron chi connectivity index (χ2n) is 7.05. The summed E-state index contributed by atoms with van der Waals surface area (Å²) in [4.78, 5) is 26.8. The lowest BCUT2D eigenvalue weighted by molar-refractivity contribution is -0.124. The van der Waals surface area contributed by atoms with Gasteiger partial charge in [-0.25, -0.2) is 8.42 Å². The maximum atomic E-state index is 12.9. The van der Waals surface area contributed by atoms with Gasteiger partial charge in [0.05, 0.1) is 12.0 Å². The van der Waals surface area contributed by atoms with Crippen LogP contribution in [0.1, 0.15) is 23.2 Å². The van der Waals surface area contributed by atoms with Crippen LogP contribution in [0, 0.1) is 0 Å². The lowest BCUT2D eigenvalue weighted by atomic mass is 10.1. The van der Waals surface area contributed by atoms with E-state index in [0.717, 1.165) is 6.42 Å². The number of amides is 2. The van der Waals surface area contributed by atoms with E-state index in [1.54, 1.807) is 35.2 Å². The predicted octanol–water partition coefficient (Wildman–Crippen LogP) is 2.40. The molecule has 2 N–H and O–H groups in total. The van der Waals surface area contributed by atoms with Crippen LogP contribution in [0.2, 0.25) is 0 Å². The molecular weight excluding hydrogens is 418 g/mol. The van der Waals surface area contributed by atoms with Crippen molar-refractivity contribution in [3.05, 3.63) is 66.7 Å². The molecule has 1 heterocycles. The zero-order valence-electron chi connectivity index (χ0n) is 17.2. The summed E-state index contributed by atoms with van der Waals surface area (Å²) in [5, 5.41) is 2.73. The fraction of sp³-hybridized carbons (Fsp3) is 0.273. The van der Waals surface area contributed by atoms with Gasteiger partial charge in [0.15, 0.2) is 0 Å².